The number of benzene rings is 2. The van der Waals surface area contributed by atoms with Crippen LogP contribution in [0, 0.1) is 11.3 Å². The lowest BCUT2D eigenvalue weighted by Crippen LogP contribution is -2.07. The highest BCUT2D eigenvalue weighted by Gasteiger charge is 2.09. The molecule has 0 atom stereocenters. The van der Waals surface area contributed by atoms with Crippen molar-refractivity contribution in [2.24, 2.45) is 0 Å². The van der Waals surface area contributed by atoms with E-state index in [4.69, 9.17) is 21.6 Å². The zero-order valence-electron chi connectivity index (χ0n) is 10.7. The van der Waals surface area contributed by atoms with Crippen LogP contribution < -0.4 is 4.74 Å². The van der Waals surface area contributed by atoms with E-state index in [1.165, 1.54) is 0 Å². The summed E-state index contributed by atoms with van der Waals surface area (Å²) in [7, 11) is 0. The van der Waals surface area contributed by atoms with Crippen LogP contribution in [0.1, 0.15) is 22.3 Å². The first kappa shape index (κ1) is 14.1. The van der Waals surface area contributed by atoms with Gasteiger partial charge in [-0.15, -0.1) is 0 Å². The monoisotopic (exact) mass is 285 g/mol. The minimum Gasteiger partial charge on any atom is -0.492 e. The van der Waals surface area contributed by atoms with Crippen LogP contribution in [0.4, 0.5) is 0 Å². The summed E-state index contributed by atoms with van der Waals surface area (Å²) in [6.07, 6.45) is 0.251. The molecule has 0 radical (unpaired) electrons. The molecule has 0 saturated heterocycles. The summed E-state index contributed by atoms with van der Waals surface area (Å²) in [6.45, 7) is 0.211. The lowest BCUT2D eigenvalue weighted by molar-refractivity contribution is 0.0962. The molecule has 0 fully saturated rings. The van der Waals surface area contributed by atoms with Crippen molar-refractivity contribution in [3.05, 3.63) is 64.7 Å². The molecule has 3 nitrogen and oxygen atoms in total. The largest absolute Gasteiger partial charge is 0.492 e. The number of hydrogen-bond acceptors (Lipinski definition) is 3. The molecule has 0 aliphatic rings. The van der Waals surface area contributed by atoms with Gasteiger partial charge in [0, 0.05) is 12.0 Å². The van der Waals surface area contributed by atoms with Crippen LogP contribution >= 0.6 is 11.6 Å². The molecule has 0 aliphatic heterocycles. The molecule has 0 amide bonds. The first-order valence-electron chi connectivity index (χ1n) is 6.12. The summed E-state index contributed by atoms with van der Waals surface area (Å²) in [4.78, 5) is 11.9. The van der Waals surface area contributed by atoms with Gasteiger partial charge >= 0.3 is 0 Å². The highest BCUT2D eigenvalue weighted by molar-refractivity contribution is 6.31. The fourth-order valence-electron chi connectivity index (χ4n) is 1.76. The molecule has 0 spiro atoms. The van der Waals surface area contributed by atoms with E-state index in [1.807, 2.05) is 24.3 Å². The van der Waals surface area contributed by atoms with Crippen LogP contribution in [-0.2, 0) is 0 Å². The fourth-order valence-corrected chi connectivity index (χ4v) is 1.96. The van der Waals surface area contributed by atoms with Crippen LogP contribution in [0.2, 0.25) is 5.02 Å². The van der Waals surface area contributed by atoms with Crippen molar-refractivity contribution in [3.8, 4) is 11.8 Å². The Morgan fingerprint density at radius 3 is 2.60 bits per heavy atom. The number of ketones is 1. The van der Waals surface area contributed by atoms with Gasteiger partial charge in [0.05, 0.1) is 11.6 Å². The second-order valence-electron chi connectivity index (χ2n) is 4.11. The fraction of sp³-hybridized carbons (Fsp3) is 0.125. The van der Waals surface area contributed by atoms with Crippen LogP contribution in [0.5, 0.6) is 5.75 Å². The van der Waals surface area contributed by atoms with E-state index >= 15 is 0 Å². The van der Waals surface area contributed by atoms with Gasteiger partial charge in [-0.1, -0.05) is 48.0 Å². The van der Waals surface area contributed by atoms with Gasteiger partial charge < -0.3 is 4.74 Å². The van der Waals surface area contributed by atoms with Crippen LogP contribution in [0.15, 0.2) is 48.5 Å². The highest BCUT2D eigenvalue weighted by Crippen LogP contribution is 2.25. The van der Waals surface area contributed by atoms with Crippen molar-refractivity contribution >= 4 is 17.4 Å². The Hall–Kier alpha value is -2.31. The number of halogens is 1. The van der Waals surface area contributed by atoms with Gasteiger partial charge in [-0.3, -0.25) is 4.79 Å². The Morgan fingerprint density at radius 1 is 1.15 bits per heavy atom. The van der Waals surface area contributed by atoms with E-state index < -0.39 is 0 Å². The molecule has 2 rings (SSSR count). The number of nitriles is 1. The van der Waals surface area contributed by atoms with Crippen molar-refractivity contribution in [3.63, 3.8) is 0 Å². The molecule has 0 aromatic heterocycles. The number of ether oxygens (including phenoxy) is 1. The van der Waals surface area contributed by atoms with E-state index in [-0.39, 0.29) is 18.8 Å². The zero-order valence-corrected chi connectivity index (χ0v) is 11.4. The molecule has 2 aromatic carbocycles. The first-order valence-corrected chi connectivity index (χ1v) is 6.50. The van der Waals surface area contributed by atoms with E-state index in [9.17, 15) is 4.79 Å². The second kappa shape index (κ2) is 6.74. The third-order valence-corrected chi connectivity index (χ3v) is 3.08. The van der Waals surface area contributed by atoms with Crippen molar-refractivity contribution in [2.75, 3.05) is 6.61 Å². The smallest absolute Gasteiger partial charge is 0.166 e. The number of hydrogen-bond donors (Lipinski definition) is 0. The molecule has 0 bridgehead atoms. The Kier molecular flexibility index (Phi) is 4.75. The maximum atomic E-state index is 11.9. The summed E-state index contributed by atoms with van der Waals surface area (Å²) in [5.41, 5.74) is 0.948. The molecule has 0 aliphatic carbocycles. The quantitative estimate of drug-likeness (QED) is 0.784. The van der Waals surface area contributed by atoms with Gasteiger partial charge in [-0.2, -0.15) is 5.26 Å². The number of rotatable bonds is 5. The van der Waals surface area contributed by atoms with Crippen molar-refractivity contribution < 1.29 is 9.53 Å². The van der Waals surface area contributed by atoms with Gasteiger partial charge in [-0.25, -0.2) is 0 Å². The topological polar surface area (TPSA) is 50.1 Å². The molecule has 0 heterocycles. The Labute approximate surface area is 122 Å². The summed E-state index contributed by atoms with van der Waals surface area (Å²) >= 11 is 5.90. The van der Waals surface area contributed by atoms with E-state index in [2.05, 4.69) is 0 Å². The molecule has 0 N–H and O–H groups in total. The van der Waals surface area contributed by atoms with Gasteiger partial charge in [0.2, 0.25) is 0 Å². The summed E-state index contributed by atoms with van der Waals surface area (Å²) in [5.74, 6) is 0.409. The minimum atomic E-state index is 0.00568. The van der Waals surface area contributed by atoms with Gasteiger partial charge in [0.1, 0.15) is 17.4 Å². The second-order valence-corrected chi connectivity index (χ2v) is 4.52. The molecule has 0 saturated carbocycles. The van der Waals surface area contributed by atoms with Crippen molar-refractivity contribution in [2.45, 2.75) is 6.42 Å². The van der Waals surface area contributed by atoms with Gasteiger partial charge in [0.25, 0.3) is 0 Å². The lowest BCUT2D eigenvalue weighted by Gasteiger charge is -2.08. The number of Topliss-reactive ketones (excluding diaryl/α,β-unsaturated/α-hetero) is 1. The highest BCUT2D eigenvalue weighted by atomic mass is 35.5. The van der Waals surface area contributed by atoms with Crippen LogP contribution in [0.3, 0.4) is 0 Å². The van der Waals surface area contributed by atoms with Crippen molar-refractivity contribution in [1.82, 2.24) is 0 Å². The number of carbonyl (C=O) groups excluding carboxylic acids is 1. The van der Waals surface area contributed by atoms with Gasteiger partial charge in [-0.05, 0) is 12.1 Å². The standard InChI is InChI=1S/C16H12ClNO2/c17-14-7-4-8-16(13(14)11-18)20-10-9-15(19)12-5-2-1-3-6-12/h1-8H,9-10H2. The Morgan fingerprint density at radius 2 is 1.90 bits per heavy atom. The van der Waals surface area contributed by atoms with Gasteiger partial charge in [0.15, 0.2) is 5.78 Å². The Balaban J connectivity index is 1.96. The normalized spacial score (nSPS) is 9.80. The SMILES string of the molecule is N#Cc1c(Cl)cccc1OCCC(=O)c1ccccc1. The summed E-state index contributed by atoms with van der Waals surface area (Å²) in [6, 6.07) is 16.0. The maximum Gasteiger partial charge on any atom is 0.166 e. The molecular weight excluding hydrogens is 274 g/mol. The predicted octanol–water partition coefficient (Wildman–Crippen LogP) is 3.86. The van der Waals surface area contributed by atoms with E-state index in [1.54, 1.807) is 30.3 Å². The maximum absolute atomic E-state index is 11.9. The molecule has 2 aromatic rings. The Bertz CT molecular complexity index is 647. The first-order chi connectivity index (χ1) is 9.72. The predicted molar refractivity (Wildman–Crippen MR) is 77.1 cm³/mol. The minimum absolute atomic E-state index is 0.00568. The zero-order chi connectivity index (χ0) is 14.4. The number of carbonyl (C=O) groups is 1. The summed E-state index contributed by atoms with van der Waals surface area (Å²) in [5, 5.41) is 9.35. The molecular formula is C16H12ClNO2. The third kappa shape index (κ3) is 3.37. The lowest BCUT2D eigenvalue weighted by atomic mass is 10.1. The third-order valence-electron chi connectivity index (χ3n) is 2.77. The molecule has 20 heavy (non-hydrogen) atoms. The van der Waals surface area contributed by atoms with E-state index in [0.29, 0.717) is 21.9 Å². The summed E-state index contributed by atoms with van der Waals surface area (Å²) < 4.78 is 5.47. The van der Waals surface area contributed by atoms with Crippen LogP contribution in [-0.4, -0.2) is 12.4 Å². The average Bonchev–Trinajstić information content (AvgIpc) is 2.48. The molecule has 0 unspecified atom stereocenters. The molecule has 4 heteroatoms. The van der Waals surface area contributed by atoms with Crippen molar-refractivity contribution in [1.29, 1.82) is 5.26 Å². The average molecular weight is 286 g/mol. The van der Waals surface area contributed by atoms with Crippen LogP contribution in [0.25, 0.3) is 0 Å². The molecule has 100 valence electrons. The number of nitrogens with zero attached hydrogens (tertiary/aromatic N) is 1. The van der Waals surface area contributed by atoms with E-state index in [0.717, 1.165) is 0 Å².